The van der Waals surface area contributed by atoms with Crippen molar-refractivity contribution in [2.45, 2.75) is 43.9 Å². The molecule has 0 radical (unpaired) electrons. The maximum absolute atomic E-state index is 15.0. The number of carboxylic acids is 1. The summed E-state index contributed by atoms with van der Waals surface area (Å²) in [5.74, 6) is -1.57. The zero-order valence-electron chi connectivity index (χ0n) is 18.7. The van der Waals surface area contributed by atoms with Gasteiger partial charge in [0.25, 0.3) is 0 Å². The Morgan fingerprint density at radius 3 is 2.58 bits per heavy atom. The van der Waals surface area contributed by atoms with Crippen molar-refractivity contribution in [1.29, 1.82) is 0 Å². The quantitative estimate of drug-likeness (QED) is 0.409. The van der Waals surface area contributed by atoms with E-state index in [2.05, 4.69) is 9.98 Å². The zero-order chi connectivity index (χ0) is 25.7. The van der Waals surface area contributed by atoms with E-state index in [1.807, 2.05) is 0 Å². The van der Waals surface area contributed by atoms with Gasteiger partial charge in [-0.25, -0.2) is 19.2 Å². The third-order valence-electron chi connectivity index (χ3n) is 6.12. The molecule has 0 aliphatic carbocycles. The van der Waals surface area contributed by atoms with Gasteiger partial charge in [0.05, 0.1) is 23.3 Å². The first kappa shape index (κ1) is 24.5. The van der Waals surface area contributed by atoms with Crippen LogP contribution in [-0.4, -0.2) is 72.4 Å². The summed E-state index contributed by atoms with van der Waals surface area (Å²) < 4.78 is 27.9. The van der Waals surface area contributed by atoms with Gasteiger partial charge in [-0.05, 0) is 37.3 Å². The Morgan fingerprint density at radius 1 is 1.11 bits per heavy atom. The number of benzene rings is 2. The second kappa shape index (κ2) is 9.36. The number of aliphatic imine (C=N–C) groups is 1. The topological polar surface area (TPSA) is 147 Å². The van der Waals surface area contributed by atoms with Crippen LogP contribution in [0.4, 0.5) is 4.39 Å². The molecule has 2 aromatic carbocycles. The molecule has 36 heavy (non-hydrogen) atoms. The van der Waals surface area contributed by atoms with E-state index in [0.29, 0.717) is 27.8 Å². The number of aliphatic hydroxyl groups excluding tert-OH is 3. The van der Waals surface area contributed by atoms with Gasteiger partial charge in [-0.1, -0.05) is 23.7 Å². The summed E-state index contributed by atoms with van der Waals surface area (Å²) in [7, 11) is 0. The van der Waals surface area contributed by atoms with Crippen molar-refractivity contribution >= 4 is 23.3 Å². The molecule has 1 aromatic heterocycles. The molecule has 4 N–H and O–H groups in total. The molecule has 6 unspecified atom stereocenters. The fraction of sp³-hybridized carbons (Fsp3) is 0.292. The van der Waals surface area contributed by atoms with Crippen LogP contribution in [0.1, 0.15) is 28.9 Å². The van der Waals surface area contributed by atoms with Crippen molar-refractivity contribution in [3.8, 4) is 5.69 Å². The van der Waals surface area contributed by atoms with Crippen molar-refractivity contribution in [3.63, 3.8) is 0 Å². The Balaban J connectivity index is 1.66. The number of fused-ring (bicyclic) bond motifs is 3. The highest BCUT2D eigenvalue weighted by Gasteiger charge is 2.48. The summed E-state index contributed by atoms with van der Waals surface area (Å²) in [4.78, 5) is 20.5. The van der Waals surface area contributed by atoms with Crippen LogP contribution in [-0.2, 0) is 14.3 Å². The van der Waals surface area contributed by atoms with Crippen molar-refractivity contribution in [3.05, 3.63) is 82.1 Å². The number of aliphatic carboxylic acids is 1. The highest BCUT2D eigenvalue weighted by Crippen LogP contribution is 2.36. The third-order valence-corrected chi connectivity index (χ3v) is 6.36. The van der Waals surface area contributed by atoms with Crippen LogP contribution >= 0.6 is 11.6 Å². The summed E-state index contributed by atoms with van der Waals surface area (Å²) in [6.45, 7) is 1.74. The van der Waals surface area contributed by atoms with E-state index in [1.54, 1.807) is 35.8 Å². The number of halogens is 2. The van der Waals surface area contributed by atoms with Crippen LogP contribution in [0.5, 0.6) is 0 Å². The Labute approximate surface area is 208 Å². The first-order valence-corrected chi connectivity index (χ1v) is 11.3. The number of hydrogen-bond donors (Lipinski definition) is 4. The normalized spacial score (nSPS) is 27.6. The van der Waals surface area contributed by atoms with Gasteiger partial charge < -0.3 is 29.9 Å². The van der Waals surface area contributed by atoms with E-state index in [1.165, 1.54) is 24.4 Å². The highest BCUT2D eigenvalue weighted by molar-refractivity contribution is 6.31. The van der Waals surface area contributed by atoms with Crippen LogP contribution in [0.3, 0.4) is 0 Å². The lowest BCUT2D eigenvalue weighted by Gasteiger charge is -2.39. The van der Waals surface area contributed by atoms with E-state index in [-0.39, 0.29) is 11.3 Å². The lowest BCUT2D eigenvalue weighted by molar-refractivity contribution is -0.305. The molecular formula is C24H21ClFN3O7. The van der Waals surface area contributed by atoms with E-state index in [0.717, 1.165) is 0 Å². The minimum Gasteiger partial charge on any atom is -0.479 e. The fourth-order valence-electron chi connectivity index (χ4n) is 4.35. The number of rotatable bonds is 4. The zero-order valence-corrected chi connectivity index (χ0v) is 19.5. The van der Waals surface area contributed by atoms with Crippen LogP contribution < -0.4 is 0 Å². The molecule has 12 heteroatoms. The molecule has 188 valence electrons. The van der Waals surface area contributed by atoms with Crippen LogP contribution in [0.15, 0.2) is 53.7 Å². The molecule has 6 atom stereocenters. The third kappa shape index (κ3) is 4.09. The van der Waals surface area contributed by atoms with E-state index < -0.39 is 48.7 Å². The molecule has 0 amide bonds. The molecule has 0 spiro atoms. The first-order chi connectivity index (χ1) is 17.2. The predicted octanol–water partition coefficient (Wildman–Crippen LogP) is 1.73. The SMILES string of the molecule is Cc1ncc2n1-c1ccc(Cl)cc1C(c1ccccc1F)=NC2OC1OC(C(=O)O)C(O)C(O)C1O. The van der Waals surface area contributed by atoms with E-state index in [4.69, 9.17) is 21.1 Å². The second-order valence-corrected chi connectivity index (χ2v) is 8.84. The molecule has 0 saturated carbocycles. The second-order valence-electron chi connectivity index (χ2n) is 8.41. The number of hydrogen-bond acceptors (Lipinski definition) is 8. The first-order valence-electron chi connectivity index (χ1n) is 10.9. The molecule has 2 aliphatic heterocycles. The summed E-state index contributed by atoms with van der Waals surface area (Å²) in [6, 6.07) is 11.0. The molecule has 10 nitrogen and oxygen atoms in total. The molecule has 5 rings (SSSR count). The Hall–Kier alpha value is -3.19. The van der Waals surface area contributed by atoms with E-state index in [9.17, 15) is 29.6 Å². The summed E-state index contributed by atoms with van der Waals surface area (Å²) >= 11 is 6.28. The van der Waals surface area contributed by atoms with Gasteiger partial charge in [-0.15, -0.1) is 0 Å². The standard InChI is InChI=1S/C24H21ClFN3O7/c1-10-27-9-16-22(36-24-20(32)18(30)19(31)21(35-24)23(33)34)28-17(12-4-2-3-5-14(12)26)13-8-11(25)6-7-15(13)29(10)16/h2-9,18-22,24,30-32H,1H3,(H,33,34). The van der Waals surface area contributed by atoms with Gasteiger partial charge in [-0.2, -0.15) is 0 Å². The molecule has 0 bridgehead atoms. The van der Waals surface area contributed by atoms with Gasteiger partial charge in [-0.3, -0.25) is 4.57 Å². The lowest BCUT2D eigenvalue weighted by Crippen LogP contribution is -2.60. The van der Waals surface area contributed by atoms with Crippen LogP contribution in [0, 0.1) is 12.7 Å². The van der Waals surface area contributed by atoms with Gasteiger partial charge >= 0.3 is 5.97 Å². The largest absolute Gasteiger partial charge is 0.479 e. The monoisotopic (exact) mass is 517 g/mol. The van der Waals surface area contributed by atoms with Crippen molar-refractivity contribution in [1.82, 2.24) is 9.55 Å². The minimum absolute atomic E-state index is 0.148. The Bertz CT molecular complexity index is 1360. The number of carboxylic acid groups (broad SMARTS) is 1. The smallest absolute Gasteiger partial charge is 0.335 e. The maximum atomic E-state index is 15.0. The van der Waals surface area contributed by atoms with Crippen molar-refractivity contribution in [2.75, 3.05) is 0 Å². The van der Waals surface area contributed by atoms with Crippen molar-refractivity contribution < 1.29 is 39.1 Å². The molecule has 3 aromatic rings. The number of imidazole rings is 1. The van der Waals surface area contributed by atoms with Crippen LogP contribution in [0.2, 0.25) is 5.02 Å². The van der Waals surface area contributed by atoms with Gasteiger partial charge in [0.2, 0.25) is 0 Å². The number of aliphatic hydroxyl groups is 3. The fourth-order valence-corrected chi connectivity index (χ4v) is 4.53. The van der Waals surface area contributed by atoms with Crippen LogP contribution in [0.25, 0.3) is 5.69 Å². The number of aryl methyl sites for hydroxylation is 1. The summed E-state index contributed by atoms with van der Waals surface area (Å²) in [5.41, 5.74) is 1.76. The Morgan fingerprint density at radius 2 is 1.86 bits per heavy atom. The van der Waals surface area contributed by atoms with Gasteiger partial charge in [0.1, 0.15) is 30.0 Å². The lowest BCUT2D eigenvalue weighted by atomic mass is 9.99. The maximum Gasteiger partial charge on any atom is 0.335 e. The average molecular weight is 518 g/mol. The van der Waals surface area contributed by atoms with Gasteiger partial charge in [0.15, 0.2) is 18.6 Å². The van der Waals surface area contributed by atoms with E-state index >= 15 is 0 Å². The van der Waals surface area contributed by atoms with Gasteiger partial charge in [0, 0.05) is 16.1 Å². The number of nitrogens with zero attached hydrogens (tertiary/aromatic N) is 3. The highest BCUT2D eigenvalue weighted by atomic mass is 35.5. The predicted molar refractivity (Wildman–Crippen MR) is 123 cm³/mol. The number of aromatic nitrogens is 2. The molecular weight excluding hydrogens is 497 g/mol. The molecule has 2 aliphatic rings. The minimum atomic E-state index is -1.89. The van der Waals surface area contributed by atoms with Crippen molar-refractivity contribution in [2.24, 2.45) is 4.99 Å². The Kier molecular flexibility index (Phi) is 6.37. The molecule has 1 fully saturated rings. The average Bonchev–Trinajstić information content (AvgIpc) is 3.17. The summed E-state index contributed by atoms with van der Waals surface area (Å²) in [6.07, 6.45) is -8.94. The number of ether oxygens (including phenoxy) is 2. The molecule has 3 heterocycles. The number of carbonyl (C=O) groups is 1. The summed E-state index contributed by atoms with van der Waals surface area (Å²) in [5, 5.41) is 40.5. The molecule has 1 saturated heterocycles.